The van der Waals surface area contributed by atoms with Gasteiger partial charge >= 0.3 is 0 Å². The first kappa shape index (κ1) is 7.36. The van der Waals surface area contributed by atoms with Crippen LogP contribution in [-0.4, -0.2) is 5.88 Å². The Hall–Kier alpha value is 0.250. The Morgan fingerprint density at radius 2 is 2.33 bits per heavy atom. The predicted molar refractivity (Wildman–Crippen MR) is 44.7 cm³/mol. The summed E-state index contributed by atoms with van der Waals surface area (Å²) in [4.78, 5) is 1.22. The fraction of sp³-hybridized carbons (Fsp3) is 0.286. The van der Waals surface area contributed by atoms with E-state index in [0.29, 0.717) is 5.88 Å². The van der Waals surface area contributed by atoms with E-state index in [1.807, 2.05) is 12.2 Å². The van der Waals surface area contributed by atoms with Gasteiger partial charge in [0.25, 0.3) is 0 Å². The highest BCUT2D eigenvalue weighted by molar-refractivity contribution is 9.11. The highest BCUT2D eigenvalue weighted by Crippen LogP contribution is 2.23. The van der Waals surface area contributed by atoms with Crippen LogP contribution in [-0.2, 0) is 0 Å². The Labute approximate surface area is 68.7 Å². The molecule has 2 heteroatoms. The lowest BCUT2D eigenvalue weighted by atomic mass is 10.1. The summed E-state index contributed by atoms with van der Waals surface area (Å²) in [7, 11) is 0. The van der Waals surface area contributed by atoms with Crippen molar-refractivity contribution in [1.82, 2.24) is 0 Å². The number of rotatable bonds is 1. The molecule has 1 aliphatic rings. The van der Waals surface area contributed by atoms with Gasteiger partial charge in [0.05, 0.1) is 4.83 Å². The van der Waals surface area contributed by atoms with Crippen LogP contribution in [0.2, 0.25) is 0 Å². The second kappa shape index (κ2) is 3.43. The van der Waals surface area contributed by atoms with Crippen LogP contribution in [0.4, 0.5) is 0 Å². The molecule has 0 unspecified atom stereocenters. The summed E-state index contributed by atoms with van der Waals surface area (Å²) in [6, 6.07) is 0. The summed E-state index contributed by atoms with van der Waals surface area (Å²) in [6.45, 7) is 0. The summed E-state index contributed by atoms with van der Waals surface area (Å²) in [5, 5.41) is 0. The van der Waals surface area contributed by atoms with Crippen molar-refractivity contribution in [1.29, 1.82) is 0 Å². The van der Waals surface area contributed by atoms with Crippen LogP contribution < -0.4 is 0 Å². The fourth-order valence-corrected chi connectivity index (χ4v) is 1.15. The van der Waals surface area contributed by atoms with E-state index >= 15 is 0 Å². The van der Waals surface area contributed by atoms with Gasteiger partial charge < -0.3 is 0 Å². The van der Waals surface area contributed by atoms with E-state index in [2.05, 4.69) is 22.0 Å². The van der Waals surface area contributed by atoms with E-state index in [1.165, 1.54) is 10.4 Å². The van der Waals surface area contributed by atoms with Crippen LogP contribution in [0.1, 0.15) is 6.42 Å². The second-order valence-corrected chi connectivity index (χ2v) is 3.18. The normalized spacial score (nSPS) is 20.0. The van der Waals surface area contributed by atoms with Gasteiger partial charge in [-0.3, -0.25) is 0 Å². The summed E-state index contributed by atoms with van der Waals surface area (Å²) in [6.07, 6.45) is 7.17. The largest absolute Gasteiger partial charge is 0.122 e. The number of hydrogen-bond donors (Lipinski definition) is 0. The average Bonchev–Trinajstić information content (AvgIpc) is 1.90. The van der Waals surface area contributed by atoms with Gasteiger partial charge in [-0.15, -0.1) is 11.6 Å². The minimum Gasteiger partial charge on any atom is -0.122 e. The maximum absolute atomic E-state index is 5.58. The Balaban J connectivity index is 2.52. The molecular formula is C7H7BrCl. The summed E-state index contributed by atoms with van der Waals surface area (Å²) >= 11 is 8.97. The zero-order valence-corrected chi connectivity index (χ0v) is 7.24. The molecule has 0 heterocycles. The minimum atomic E-state index is 0.622. The van der Waals surface area contributed by atoms with Gasteiger partial charge in [-0.05, 0) is 12.0 Å². The molecule has 1 radical (unpaired) electrons. The predicted octanol–water partition coefficient (Wildman–Crippen LogP) is 3.04. The monoisotopic (exact) mass is 205 g/mol. The number of allylic oxidation sites excluding steroid dienone is 4. The molecule has 1 aliphatic carbocycles. The third-order valence-electron chi connectivity index (χ3n) is 1.19. The van der Waals surface area contributed by atoms with E-state index in [4.69, 9.17) is 11.6 Å². The minimum absolute atomic E-state index is 0.622. The van der Waals surface area contributed by atoms with Crippen molar-refractivity contribution < 1.29 is 0 Å². The zero-order valence-electron chi connectivity index (χ0n) is 4.90. The van der Waals surface area contributed by atoms with Gasteiger partial charge in [0.2, 0.25) is 0 Å². The lowest BCUT2D eigenvalue weighted by Gasteiger charge is -2.06. The SMILES string of the molecule is ClCC1=CC[C](Br)C=C1. The van der Waals surface area contributed by atoms with Gasteiger partial charge in [-0.25, -0.2) is 0 Å². The Morgan fingerprint density at radius 3 is 2.78 bits per heavy atom. The van der Waals surface area contributed by atoms with Crippen molar-refractivity contribution in [2.24, 2.45) is 0 Å². The molecule has 0 spiro atoms. The van der Waals surface area contributed by atoms with Crippen molar-refractivity contribution in [2.45, 2.75) is 6.42 Å². The molecule has 0 amide bonds. The first-order valence-electron chi connectivity index (χ1n) is 2.77. The van der Waals surface area contributed by atoms with Crippen LogP contribution in [0.25, 0.3) is 0 Å². The molecule has 0 saturated carbocycles. The molecular weight excluding hydrogens is 199 g/mol. The first-order valence-corrected chi connectivity index (χ1v) is 4.10. The molecule has 0 nitrogen and oxygen atoms in total. The summed E-state index contributed by atoms with van der Waals surface area (Å²) < 4.78 is 0. The third-order valence-corrected chi connectivity index (χ3v) is 2.09. The van der Waals surface area contributed by atoms with Gasteiger partial charge in [-0.1, -0.05) is 34.2 Å². The lowest BCUT2D eigenvalue weighted by Crippen LogP contribution is -1.89. The van der Waals surface area contributed by atoms with Crippen molar-refractivity contribution in [3.05, 3.63) is 28.6 Å². The van der Waals surface area contributed by atoms with E-state index < -0.39 is 0 Å². The topological polar surface area (TPSA) is 0 Å². The second-order valence-electron chi connectivity index (χ2n) is 1.90. The number of halogens is 2. The molecule has 1 rings (SSSR count). The van der Waals surface area contributed by atoms with Crippen LogP contribution in [0.5, 0.6) is 0 Å². The molecule has 0 saturated heterocycles. The third kappa shape index (κ3) is 2.15. The van der Waals surface area contributed by atoms with Crippen molar-refractivity contribution >= 4 is 27.5 Å². The molecule has 0 N–H and O–H groups in total. The van der Waals surface area contributed by atoms with Crippen molar-refractivity contribution in [3.8, 4) is 0 Å². The van der Waals surface area contributed by atoms with E-state index in [-0.39, 0.29) is 0 Å². The molecule has 0 aromatic heterocycles. The average molecular weight is 206 g/mol. The van der Waals surface area contributed by atoms with Gasteiger partial charge in [0.15, 0.2) is 0 Å². The Bertz CT molecular complexity index is 149. The van der Waals surface area contributed by atoms with Crippen molar-refractivity contribution in [2.75, 3.05) is 5.88 Å². The highest BCUT2D eigenvalue weighted by atomic mass is 79.9. The van der Waals surface area contributed by atoms with Crippen LogP contribution >= 0.6 is 27.5 Å². The molecule has 0 atom stereocenters. The molecule has 49 valence electrons. The zero-order chi connectivity index (χ0) is 6.69. The van der Waals surface area contributed by atoms with Gasteiger partial charge in [-0.2, -0.15) is 0 Å². The maximum Gasteiger partial charge on any atom is 0.0665 e. The van der Waals surface area contributed by atoms with Gasteiger partial charge in [0, 0.05) is 5.88 Å². The number of hydrogen-bond acceptors (Lipinski definition) is 0. The highest BCUT2D eigenvalue weighted by Gasteiger charge is 2.03. The molecule has 0 aromatic rings. The van der Waals surface area contributed by atoms with Crippen LogP contribution in [0, 0.1) is 4.83 Å². The summed E-state index contributed by atoms with van der Waals surface area (Å²) in [5.74, 6) is 0.622. The Morgan fingerprint density at radius 1 is 1.56 bits per heavy atom. The molecule has 0 fully saturated rings. The standard InChI is InChI=1S/C7H7BrCl/c8-7-3-1-6(5-9)2-4-7/h1-3H,4-5H2. The summed E-state index contributed by atoms with van der Waals surface area (Å²) in [5.41, 5.74) is 1.21. The van der Waals surface area contributed by atoms with E-state index in [0.717, 1.165) is 6.42 Å². The molecule has 0 aliphatic heterocycles. The van der Waals surface area contributed by atoms with Crippen LogP contribution in [0.3, 0.4) is 0 Å². The smallest absolute Gasteiger partial charge is 0.0665 e. The lowest BCUT2D eigenvalue weighted by molar-refractivity contribution is 1.19. The molecule has 0 aromatic carbocycles. The quantitative estimate of drug-likeness (QED) is 0.579. The maximum atomic E-state index is 5.58. The molecule has 0 bridgehead atoms. The number of alkyl halides is 1. The van der Waals surface area contributed by atoms with Crippen LogP contribution in [0.15, 0.2) is 23.8 Å². The van der Waals surface area contributed by atoms with E-state index in [1.54, 1.807) is 0 Å². The van der Waals surface area contributed by atoms with Gasteiger partial charge in [0.1, 0.15) is 0 Å². The Kier molecular flexibility index (Phi) is 2.80. The fourth-order valence-electron chi connectivity index (χ4n) is 0.661. The van der Waals surface area contributed by atoms with Crippen molar-refractivity contribution in [3.63, 3.8) is 0 Å². The van der Waals surface area contributed by atoms with E-state index in [9.17, 15) is 0 Å². The first-order chi connectivity index (χ1) is 4.33. The molecule has 9 heavy (non-hydrogen) atoms.